The fraction of sp³-hybridized carbons (Fsp3) is 0.409. The maximum absolute atomic E-state index is 12.8. The monoisotopic (exact) mass is 430 g/mol. The van der Waals surface area contributed by atoms with Gasteiger partial charge < -0.3 is 14.8 Å². The summed E-state index contributed by atoms with van der Waals surface area (Å²) in [6.07, 6.45) is 3.61. The van der Waals surface area contributed by atoms with Crippen LogP contribution >= 0.6 is 0 Å². The fourth-order valence-electron chi connectivity index (χ4n) is 3.68. The SMILES string of the molecule is O=C(NCC1COc2ccccc2O1)c1ccc(S(=O)(=O)N2CCCCCC2)cc1. The van der Waals surface area contributed by atoms with Gasteiger partial charge in [0.15, 0.2) is 11.5 Å². The number of fused-ring (bicyclic) bond motifs is 1. The first-order valence-corrected chi connectivity index (χ1v) is 11.7. The summed E-state index contributed by atoms with van der Waals surface area (Å²) in [7, 11) is -3.52. The Bertz CT molecular complexity index is 983. The Kier molecular flexibility index (Phi) is 6.24. The van der Waals surface area contributed by atoms with Crippen LogP contribution in [-0.4, -0.2) is 51.0 Å². The quantitative estimate of drug-likeness (QED) is 0.789. The summed E-state index contributed by atoms with van der Waals surface area (Å²) in [5.41, 5.74) is 0.405. The van der Waals surface area contributed by atoms with Crippen LogP contribution < -0.4 is 14.8 Å². The number of nitrogens with one attached hydrogen (secondary N) is 1. The highest BCUT2D eigenvalue weighted by atomic mass is 32.2. The molecule has 2 aliphatic heterocycles. The molecule has 2 aromatic rings. The van der Waals surface area contributed by atoms with Gasteiger partial charge in [-0.2, -0.15) is 4.31 Å². The first kappa shape index (κ1) is 20.7. The lowest BCUT2D eigenvalue weighted by molar-refractivity contribution is 0.0789. The van der Waals surface area contributed by atoms with Gasteiger partial charge in [-0.05, 0) is 49.2 Å². The van der Waals surface area contributed by atoms with Crippen molar-refractivity contribution in [2.24, 2.45) is 0 Å². The summed E-state index contributed by atoms with van der Waals surface area (Å²) < 4.78 is 38.7. The van der Waals surface area contributed by atoms with Crippen LogP contribution in [0.25, 0.3) is 0 Å². The summed E-state index contributed by atoms with van der Waals surface area (Å²) in [5, 5.41) is 2.83. The molecule has 160 valence electrons. The minimum absolute atomic E-state index is 0.224. The van der Waals surface area contributed by atoms with E-state index in [2.05, 4.69) is 5.32 Å². The number of para-hydroxylation sites is 2. The predicted octanol–water partition coefficient (Wildman–Crippen LogP) is 2.82. The summed E-state index contributed by atoms with van der Waals surface area (Å²) >= 11 is 0. The summed E-state index contributed by atoms with van der Waals surface area (Å²) in [6, 6.07) is 13.5. The van der Waals surface area contributed by atoms with Gasteiger partial charge in [0.05, 0.1) is 11.4 Å². The van der Waals surface area contributed by atoms with Crippen LogP contribution in [-0.2, 0) is 10.0 Å². The van der Waals surface area contributed by atoms with Gasteiger partial charge in [-0.1, -0.05) is 25.0 Å². The predicted molar refractivity (Wildman–Crippen MR) is 112 cm³/mol. The summed E-state index contributed by atoms with van der Waals surface area (Å²) in [5.74, 6) is 1.07. The minimum atomic E-state index is -3.52. The van der Waals surface area contributed by atoms with Crippen molar-refractivity contribution in [2.75, 3.05) is 26.2 Å². The molecule has 4 rings (SSSR count). The number of rotatable bonds is 5. The Hall–Kier alpha value is -2.58. The van der Waals surface area contributed by atoms with Crippen LogP contribution in [0.1, 0.15) is 36.0 Å². The molecule has 1 saturated heterocycles. The standard InChI is InChI=1S/C22H26N2O5S/c25-22(23-15-18-16-28-20-7-3-4-8-21(20)29-18)17-9-11-19(12-10-17)30(26,27)24-13-5-1-2-6-14-24/h3-4,7-12,18H,1-2,5-6,13-16H2,(H,23,25). The Morgan fingerprint density at radius 1 is 0.967 bits per heavy atom. The van der Waals surface area contributed by atoms with E-state index in [-0.39, 0.29) is 16.9 Å². The van der Waals surface area contributed by atoms with Crippen LogP contribution in [0.3, 0.4) is 0 Å². The third kappa shape index (κ3) is 4.60. The van der Waals surface area contributed by atoms with Gasteiger partial charge in [0.2, 0.25) is 10.0 Å². The molecule has 1 amide bonds. The molecule has 7 nitrogen and oxygen atoms in total. The van der Waals surface area contributed by atoms with Crippen molar-refractivity contribution in [3.8, 4) is 11.5 Å². The topological polar surface area (TPSA) is 84.9 Å². The van der Waals surface area contributed by atoms with Crippen molar-refractivity contribution >= 4 is 15.9 Å². The van der Waals surface area contributed by atoms with E-state index < -0.39 is 10.0 Å². The van der Waals surface area contributed by atoms with Crippen molar-refractivity contribution in [1.82, 2.24) is 9.62 Å². The molecule has 0 spiro atoms. The zero-order valence-corrected chi connectivity index (χ0v) is 17.6. The van der Waals surface area contributed by atoms with Gasteiger partial charge in [-0.15, -0.1) is 0 Å². The fourth-order valence-corrected chi connectivity index (χ4v) is 5.20. The second kappa shape index (κ2) is 9.06. The third-order valence-electron chi connectivity index (χ3n) is 5.38. The molecule has 0 bridgehead atoms. The van der Waals surface area contributed by atoms with E-state index in [0.717, 1.165) is 25.7 Å². The molecule has 1 unspecified atom stereocenters. The highest BCUT2D eigenvalue weighted by Gasteiger charge is 2.25. The van der Waals surface area contributed by atoms with Crippen molar-refractivity contribution in [3.05, 3.63) is 54.1 Å². The summed E-state index contributed by atoms with van der Waals surface area (Å²) in [4.78, 5) is 12.7. The van der Waals surface area contributed by atoms with Gasteiger partial charge in [0.1, 0.15) is 12.7 Å². The Balaban J connectivity index is 1.35. The van der Waals surface area contributed by atoms with Gasteiger partial charge in [0.25, 0.3) is 5.91 Å². The second-order valence-corrected chi connectivity index (χ2v) is 9.49. The van der Waals surface area contributed by atoms with Crippen LogP contribution in [0, 0.1) is 0 Å². The zero-order valence-electron chi connectivity index (χ0n) is 16.7. The smallest absolute Gasteiger partial charge is 0.251 e. The van der Waals surface area contributed by atoms with E-state index in [0.29, 0.717) is 43.3 Å². The molecule has 0 saturated carbocycles. The number of carbonyl (C=O) groups excluding carboxylic acids is 1. The van der Waals surface area contributed by atoms with Crippen molar-refractivity contribution in [3.63, 3.8) is 0 Å². The maximum Gasteiger partial charge on any atom is 0.251 e. The molecular weight excluding hydrogens is 404 g/mol. The van der Waals surface area contributed by atoms with E-state index in [9.17, 15) is 13.2 Å². The number of amides is 1. The van der Waals surface area contributed by atoms with Gasteiger partial charge in [-0.3, -0.25) is 4.79 Å². The minimum Gasteiger partial charge on any atom is -0.486 e. The van der Waals surface area contributed by atoms with Gasteiger partial charge in [0, 0.05) is 18.7 Å². The molecule has 1 fully saturated rings. The number of benzene rings is 2. The normalized spacial score (nSPS) is 19.7. The van der Waals surface area contributed by atoms with Gasteiger partial charge in [-0.25, -0.2) is 8.42 Å². The van der Waals surface area contributed by atoms with E-state index in [4.69, 9.17) is 9.47 Å². The maximum atomic E-state index is 12.8. The van der Waals surface area contributed by atoms with Crippen LogP contribution in [0.5, 0.6) is 11.5 Å². The molecule has 2 aliphatic rings. The van der Waals surface area contributed by atoms with Crippen molar-refractivity contribution < 1.29 is 22.7 Å². The molecule has 0 radical (unpaired) electrons. The zero-order chi connectivity index (χ0) is 21.0. The van der Waals surface area contributed by atoms with E-state index in [1.54, 1.807) is 16.4 Å². The lowest BCUT2D eigenvalue weighted by Gasteiger charge is -2.26. The Morgan fingerprint density at radius 3 is 2.33 bits per heavy atom. The Morgan fingerprint density at radius 2 is 1.63 bits per heavy atom. The molecule has 1 N–H and O–H groups in total. The largest absolute Gasteiger partial charge is 0.486 e. The van der Waals surface area contributed by atoms with Crippen LogP contribution in [0.4, 0.5) is 0 Å². The average molecular weight is 431 g/mol. The number of sulfonamides is 1. The molecule has 8 heteroatoms. The van der Waals surface area contributed by atoms with E-state index in [1.165, 1.54) is 12.1 Å². The number of carbonyl (C=O) groups is 1. The molecule has 2 aromatic carbocycles. The Labute approximate surface area is 177 Å². The van der Waals surface area contributed by atoms with Crippen molar-refractivity contribution in [1.29, 1.82) is 0 Å². The highest BCUT2D eigenvalue weighted by molar-refractivity contribution is 7.89. The average Bonchev–Trinajstić information content (AvgIpc) is 3.08. The number of hydrogen-bond donors (Lipinski definition) is 1. The first-order chi connectivity index (χ1) is 14.5. The lowest BCUT2D eigenvalue weighted by Crippen LogP contribution is -2.40. The van der Waals surface area contributed by atoms with Crippen LogP contribution in [0.2, 0.25) is 0 Å². The molecule has 2 heterocycles. The summed E-state index contributed by atoms with van der Waals surface area (Å²) in [6.45, 7) is 1.75. The number of nitrogens with zero attached hydrogens (tertiary/aromatic N) is 1. The van der Waals surface area contributed by atoms with E-state index in [1.807, 2.05) is 24.3 Å². The molecular formula is C22H26N2O5S. The van der Waals surface area contributed by atoms with Crippen molar-refractivity contribution in [2.45, 2.75) is 36.7 Å². The van der Waals surface area contributed by atoms with Gasteiger partial charge >= 0.3 is 0 Å². The molecule has 30 heavy (non-hydrogen) atoms. The number of hydrogen-bond acceptors (Lipinski definition) is 5. The third-order valence-corrected chi connectivity index (χ3v) is 7.29. The molecule has 0 aliphatic carbocycles. The number of ether oxygens (including phenoxy) is 2. The molecule has 0 aromatic heterocycles. The highest BCUT2D eigenvalue weighted by Crippen LogP contribution is 2.30. The van der Waals surface area contributed by atoms with Crippen LogP contribution in [0.15, 0.2) is 53.4 Å². The first-order valence-electron chi connectivity index (χ1n) is 10.3. The lowest BCUT2D eigenvalue weighted by atomic mass is 10.2. The van der Waals surface area contributed by atoms with E-state index >= 15 is 0 Å². The molecule has 1 atom stereocenters. The second-order valence-electron chi connectivity index (χ2n) is 7.55.